The summed E-state index contributed by atoms with van der Waals surface area (Å²) in [6, 6.07) is 24.3. The van der Waals surface area contributed by atoms with Crippen molar-refractivity contribution in [2.24, 2.45) is 0 Å². The van der Waals surface area contributed by atoms with Crippen molar-refractivity contribution in [2.75, 3.05) is 11.9 Å². The molecule has 0 radical (unpaired) electrons. The maximum atomic E-state index is 9.03. The fourth-order valence-corrected chi connectivity index (χ4v) is 4.91. The molecule has 1 aliphatic rings. The molecule has 0 aliphatic carbocycles. The van der Waals surface area contributed by atoms with Gasteiger partial charge in [-0.3, -0.25) is 14.7 Å². The number of aromatic nitrogens is 2. The quantitative estimate of drug-likeness (QED) is 0.408. The van der Waals surface area contributed by atoms with E-state index in [9.17, 15) is 0 Å². The molecule has 2 aromatic heterocycles. The van der Waals surface area contributed by atoms with E-state index in [4.69, 9.17) is 5.26 Å². The highest BCUT2D eigenvalue weighted by atomic mass is 32.2. The first-order valence-corrected chi connectivity index (χ1v) is 11.3. The molecule has 0 fully saturated rings. The number of pyridine rings is 2. The summed E-state index contributed by atoms with van der Waals surface area (Å²) in [5.74, 6) is 0.268. The van der Waals surface area contributed by atoms with Gasteiger partial charge in [0, 0.05) is 48.1 Å². The highest BCUT2D eigenvalue weighted by Crippen LogP contribution is 2.37. The van der Waals surface area contributed by atoms with Crippen molar-refractivity contribution in [3.8, 4) is 6.07 Å². The van der Waals surface area contributed by atoms with Gasteiger partial charge < -0.3 is 5.32 Å². The summed E-state index contributed by atoms with van der Waals surface area (Å²) in [5.41, 5.74) is 7.26. The fourth-order valence-electron chi connectivity index (χ4n) is 4.03. The van der Waals surface area contributed by atoms with Crippen LogP contribution in [0, 0.1) is 11.3 Å². The Bertz CT molecular complexity index is 1280. The summed E-state index contributed by atoms with van der Waals surface area (Å²) >= 11 is 1.70. The van der Waals surface area contributed by atoms with Crippen molar-refractivity contribution in [1.29, 1.82) is 5.26 Å². The minimum absolute atomic E-state index is 0.268. The molecule has 1 unspecified atom stereocenters. The summed E-state index contributed by atoms with van der Waals surface area (Å²) in [5, 5.41) is 12.5. The van der Waals surface area contributed by atoms with Gasteiger partial charge in [-0.1, -0.05) is 18.2 Å². The Kier molecular flexibility index (Phi) is 5.84. The Hall–Kier alpha value is -3.66. The minimum Gasteiger partial charge on any atom is -0.354 e. The van der Waals surface area contributed by atoms with Gasteiger partial charge in [0.25, 0.3) is 0 Å². The van der Waals surface area contributed by atoms with Gasteiger partial charge in [0.1, 0.15) is 0 Å². The zero-order chi connectivity index (χ0) is 21.8. The summed E-state index contributed by atoms with van der Waals surface area (Å²) < 4.78 is 3.48. The first-order chi connectivity index (χ1) is 15.8. The monoisotopic (exact) mass is 435 g/mol. The summed E-state index contributed by atoms with van der Waals surface area (Å²) in [6.45, 7) is 0.872. The second-order valence-corrected chi connectivity index (χ2v) is 8.54. The normalized spacial score (nSPS) is 14.9. The Morgan fingerprint density at radius 1 is 1.00 bits per heavy atom. The molecule has 2 aromatic carbocycles. The van der Waals surface area contributed by atoms with Crippen LogP contribution in [0.15, 0.2) is 90.2 Å². The van der Waals surface area contributed by atoms with Crippen LogP contribution in [-0.4, -0.2) is 16.5 Å². The number of fused-ring (bicyclic) bond motifs is 1. The lowest BCUT2D eigenvalue weighted by Crippen LogP contribution is -2.23. The van der Waals surface area contributed by atoms with Gasteiger partial charge in [-0.05, 0) is 77.2 Å². The molecule has 0 bridgehead atoms. The Balaban J connectivity index is 1.46. The second-order valence-electron chi connectivity index (χ2n) is 7.60. The summed E-state index contributed by atoms with van der Waals surface area (Å²) in [4.78, 5) is 10.4. The number of anilines is 2. The molecule has 0 saturated carbocycles. The SMILES string of the molecule is N#Cc1ccc(Nc2cccnc2Cc2cnccc2C2CNSc3ccccc32)cc1. The Morgan fingerprint density at radius 2 is 1.88 bits per heavy atom. The minimum atomic E-state index is 0.268. The van der Waals surface area contributed by atoms with Crippen molar-refractivity contribution >= 4 is 23.3 Å². The molecular formula is C26H21N5S. The molecule has 5 nitrogen and oxygen atoms in total. The smallest absolute Gasteiger partial charge is 0.0991 e. The van der Waals surface area contributed by atoms with E-state index in [1.54, 1.807) is 11.9 Å². The summed E-state index contributed by atoms with van der Waals surface area (Å²) in [7, 11) is 0. The number of hydrogen-bond donors (Lipinski definition) is 2. The van der Waals surface area contributed by atoms with Gasteiger partial charge >= 0.3 is 0 Å². The number of hydrogen-bond acceptors (Lipinski definition) is 6. The number of nitrogens with zero attached hydrogens (tertiary/aromatic N) is 3. The topological polar surface area (TPSA) is 73.6 Å². The van der Waals surface area contributed by atoms with E-state index < -0.39 is 0 Å². The van der Waals surface area contributed by atoms with E-state index in [1.165, 1.54) is 21.6 Å². The molecule has 1 atom stereocenters. The van der Waals surface area contributed by atoms with Gasteiger partial charge in [-0.15, -0.1) is 0 Å². The number of nitriles is 1. The van der Waals surface area contributed by atoms with Crippen LogP contribution < -0.4 is 10.0 Å². The highest BCUT2D eigenvalue weighted by Gasteiger charge is 2.24. The van der Waals surface area contributed by atoms with Crippen LogP contribution in [0.2, 0.25) is 0 Å². The van der Waals surface area contributed by atoms with Crippen LogP contribution in [0.5, 0.6) is 0 Å². The second kappa shape index (κ2) is 9.23. The average Bonchev–Trinajstić information content (AvgIpc) is 2.86. The number of nitrogens with one attached hydrogen (secondary N) is 2. The van der Waals surface area contributed by atoms with Crippen molar-refractivity contribution < 1.29 is 0 Å². The van der Waals surface area contributed by atoms with Gasteiger partial charge in [0.15, 0.2) is 0 Å². The van der Waals surface area contributed by atoms with E-state index >= 15 is 0 Å². The first-order valence-electron chi connectivity index (χ1n) is 10.4. The third-order valence-corrected chi connectivity index (χ3v) is 6.52. The van der Waals surface area contributed by atoms with Gasteiger partial charge in [0.2, 0.25) is 0 Å². The maximum absolute atomic E-state index is 9.03. The van der Waals surface area contributed by atoms with E-state index in [0.29, 0.717) is 12.0 Å². The molecule has 2 N–H and O–H groups in total. The van der Waals surface area contributed by atoms with Crippen LogP contribution in [0.25, 0.3) is 0 Å². The lowest BCUT2D eigenvalue weighted by molar-refractivity contribution is 0.738. The molecule has 32 heavy (non-hydrogen) atoms. The molecule has 0 saturated heterocycles. The van der Waals surface area contributed by atoms with Crippen LogP contribution in [-0.2, 0) is 6.42 Å². The average molecular weight is 436 g/mol. The number of benzene rings is 2. The zero-order valence-electron chi connectivity index (χ0n) is 17.3. The molecule has 4 aromatic rings. The number of rotatable bonds is 5. The Morgan fingerprint density at radius 3 is 2.75 bits per heavy atom. The van der Waals surface area contributed by atoms with Gasteiger partial charge in [0.05, 0.1) is 23.0 Å². The largest absolute Gasteiger partial charge is 0.354 e. The first kappa shape index (κ1) is 20.3. The van der Waals surface area contributed by atoms with E-state index in [-0.39, 0.29) is 5.92 Å². The van der Waals surface area contributed by atoms with Crippen LogP contribution >= 0.6 is 11.9 Å². The van der Waals surface area contributed by atoms with Gasteiger partial charge in [-0.2, -0.15) is 5.26 Å². The van der Waals surface area contributed by atoms with E-state index in [1.807, 2.05) is 55.0 Å². The van der Waals surface area contributed by atoms with Crippen LogP contribution in [0.4, 0.5) is 11.4 Å². The zero-order valence-corrected chi connectivity index (χ0v) is 18.1. The Labute approximate surface area is 191 Å². The maximum Gasteiger partial charge on any atom is 0.0991 e. The highest BCUT2D eigenvalue weighted by molar-refractivity contribution is 7.97. The molecule has 3 heterocycles. The third-order valence-electron chi connectivity index (χ3n) is 5.62. The van der Waals surface area contributed by atoms with Crippen molar-refractivity contribution in [2.45, 2.75) is 17.2 Å². The van der Waals surface area contributed by atoms with Crippen LogP contribution in [0.3, 0.4) is 0 Å². The van der Waals surface area contributed by atoms with E-state index in [0.717, 1.165) is 23.6 Å². The van der Waals surface area contributed by atoms with Crippen LogP contribution in [0.1, 0.15) is 33.9 Å². The molecule has 5 rings (SSSR count). The standard InChI is InChI=1S/C26H21N5S/c27-15-18-7-9-20(10-8-18)31-24-5-3-12-29-25(24)14-19-16-28-13-11-21(19)23-17-30-32-26-6-2-1-4-22(23)26/h1-13,16,23,30-31H,14,17H2. The predicted molar refractivity (Wildman–Crippen MR) is 128 cm³/mol. The molecular weight excluding hydrogens is 414 g/mol. The molecule has 156 valence electrons. The predicted octanol–water partition coefficient (Wildman–Crippen LogP) is 5.42. The fraction of sp³-hybridized carbons (Fsp3) is 0.115. The third kappa shape index (κ3) is 4.22. The molecule has 1 aliphatic heterocycles. The lowest BCUT2D eigenvalue weighted by Gasteiger charge is -2.27. The van der Waals surface area contributed by atoms with Crippen molar-refractivity contribution in [1.82, 2.24) is 14.7 Å². The lowest BCUT2D eigenvalue weighted by atomic mass is 9.87. The summed E-state index contributed by atoms with van der Waals surface area (Å²) in [6.07, 6.45) is 6.33. The van der Waals surface area contributed by atoms with E-state index in [2.05, 4.69) is 56.4 Å². The van der Waals surface area contributed by atoms with Crippen molar-refractivity contribution in [3.63, 3.8) is 0 Å². The van der Waals surface area contributed by atoms with Gasteiger partial charge in [-0.25, -0.2) is 0 Å². The molecule has 6 heteroatoms. The molecule has 0 spiro atoms. The molecule has 0 amide bonds. The van der Waals surface area contributed by atoms with Crippen molar-refractivity contribution in [3.05, 3.63) is 113 Å².